The second-order valence-corrected chi connectivity index (χ2v) is 4.72. The molecule has 1 aromatic carbocycles. The highest BCUT2D eigenvalue weighted by atomic mass is 16.5. The predicted molar refractivity (Wildman–Crippen MR) is 83.7 cm³/mol. The molecule has 110 valence electrons. The third kappa shape index (κ3) is 3.15. The number of carboxylic acid groups (broad SMARTS) is 1. The average molecular weight is 294 g/mol. The lowest BCUT2D eigenvalue weighted by Crippen LogP contribution is -2.09. The molecule has 0 aliphatic heterocycles. The molecule has 5 heteroatoms. The van der Waals surface area contributed by atoms with Crippen molar-refractivity contribution >= 4 is 23.6 Å². The van der Waals surface area contributed by atoms with E-state index in [9.17, 15) is 4.79 Å². The van der Waals surface area contributed by atoms with Crippen LogP contribution in [0.2, 0.25) is 0 Å². The molecular formula is C17H14N2O3. The van der Waals surface area contributed by atoms with Crippen LogP contribution in [0.5, 0.6) is 5.75 Å². The summed E-state index contributed by atoms with van der Waals surface area (Å²) in [5, 5.41) is 8.56. The summed E-state index contributed by atoms with van der Waals surface area (Å²) in [6.45, 7) is -0.336. The molecule has 0 radical (unpaired) electrons. The molecular weight excluding hydrogens is 280 g/mol. The highest BCUT2D eigenvalue weighted by Crippen LogP contribution is 2.15. The lowest BCUT2D eigenvalue weighted by atomic mass is 10.2. The second-order valence-electron chi connectivity index (χ2n) is 4.72. The van der Waals surface area contributed by atoms with Crippen LogP contribution in [0.4, 0.5) is 0 Å². The molecule has 0 saturated heterocycles. The standard InChI is InChI=1S/C17H14N2O3/c20-17(21)11-22-16-8-5-13(6-9-16)4-7-14-2-1-3-15-10-18-12-19(14)15/h1-10,12H,11H2,(H,20,21)/b7-4+. The Morgan fingerprint density at radius 3 is 2.77 bits per heavy atom. The number of pyridine rings is 1. The van der Waals surface area contributed by atoms with Gasteiger partial charge in [-0.25, -0.2) is 9.78 Å². The highest BCUT2D eigenvalue weighted by molar-refractivity contribution is 5.70. The first kappa shape index (κ1) is 13.9. The maximum atomic E-state index is 10.4. The molecule has 0 bridgehead atoms. The molecule has 3 aromatic rings. The van der Waals surface area contributed by atoms with Crippen molar-refractivity contribution in [2.75, 3.05) is 6.61 Å². The molecule has 0 fully saturated rings. The van der Waals surface area contributed by atoms with Gasteiger partial charge < -0.3 is 9.84 Å². The average Bonchev–Trinajstić information content (AvgIpc) is 3.01. The zero-order valence-electron chi connectivity index (χ0n) is 11.7. The van der Waals surface area contributed by atoms with E-state index < -0.39 is 5.97 Å². The van der Waals surface area contributed by atoms with Gasteiger partial charge in [0.2, 0.25) is 0 Å². The summed E-state index contributed by atoms with van der Waals surface area (Å²) in [4.78, 5) is 14.6. The first-order chi connectivity index (χ1) is 10.7. The normalized spacial score (nSPS) is 11.1. The number of aromatic nitrogens is 2. The van der Waals surface area contributed by atoms with Crippen LogP contribution in [-0.2, 0) is 4.79 Å². The summed E-state index contributed by atoms with van der Waals surface area (Å²) in [6, 6.07) is 13.2. The molecule has 3 rings (SSSR count). The van der Waals surface area contributed by atoms with Crippen LogP contribution in [0, 0.1) is 0 Å². The molecule has 5 nitrogen and oxygen atoms in total. The largest absolute Gasteiger partial charge is 0.482 e. The number of ether oxygens (including phenoxy) is 1. The topological polar surface area (TPSA) is 63.8 Å². The van der Waals surface area contributed by atoms with Crippen molar-refractivity contribution in [2.24, 2.45) is 0 Å². The summed E-state index contributed by atoms with van der Waals surface area (Å²) in [5.74, 6) is -0.450. The maximum absolute atomic E-state index is 10.4. The van der Waals surface area contributed by atoms with Crippen LogP contribution >= 0.6 is 0 Å². The van der Waals surface area contributed by atoms with Gasteiger partial charge in [-0.1, -0.05) is 24.3 Å². The van der Waals surface area contributed by atoms with Crippen LogP contribution in [0.1, 0.15) is 11.3 Å². The Bertz CT molecular complexity index is 819. The van der Waals surface area contributed by atoms with Crippen LogP contribution in [0.15, 0.2) is 55.0 Å². The monoisotopic (exact) mass is 294 g/mol. The number of nitrogens with zero attached hydrogens (tertiary/aromatic N) is 2. The Hall–Kier alpha value is -3.08. The molecule has 0 amide bonds. The van der Waals surface area contributed by atoms with Gasteiger partial charge in [0.1, 0.15) is 5.75 Å². The lowest BCUT2D eigenvalue weighted by Gasteiger charge is -2.03. The number of hydrogen-bond donors (Lipinski definition) is 1. The van der Waals surface area contributed by atoms with Gasteiger partial charge in [-0.3, -0.25) is 4.40 Å². The van der Waals surface area contributed by atoms with Crippen molar-refractivity contribution < 1.29 is 14.6 Å². The molecule has 0 spiro atoms. The van der Waals surface area contributed by atoms with Gasteiger partial charge in [-0.05, 0) is 35.9 Å². The molecule has 0 unspecified atom stereocenters. The Morgan fingerprint density at radius 2 is 2.00 bits per heavy atom. The highest BCUT2D eigenvalue weighted by Gasteiger charge is 1.99. The predicted octanol–water partition coefficient (Wildman–Crippen LogP) is 2.97. The third-order valence-electron chi connectivity index (χ3n) is 3.17. The molecule has 0 aliphatic rings. The fourth-order valence-corrected chi connectivity index (χ4v) is 2.11. The van der Waals surface area contributed by atoms with Gasteiger partial charge in [0.05, 0.1) is 18.0 Å². The van der Waals surface area contributed by atoms with Gasteiger partial charge in [-0.15, -0.1) is 0 Å². The van der Waals surface area contributed by atoms with Crippen LogP contribution < -0.4 is 4.74 Å². The minimum atomic E-state index is -0.989. The number of imidazole rings is 1. The first-order valence-corrected chi connectivity index (χ1v) is 6.76. The van der Waals surface area contributed by atoms with E-state index in [1.165, 1.54) is 0 Å². The van der Waals surface area contributed by atoms with E-state index in [1.807, 2.05) is 53.1 Å². The Kier molecular flexibility index (Phi) is 3.87. The molecule has 2 aromatic heterocycles. The van der Waals surface area contributed by atoms with Crippen molar-refractivity contribution in [3.8, 4) is 5.75 Å². The quantitative estimate of drug-likeness (QED) is 0.785. The van der Waals surface area contributed by atoms with Crippen molar-refractivity contribution in [1.82, 2.24) is 9.38 Å². The van der Waals surface area contributed by atoms with E-state index in [4.69, 9.17) is 9.84 Å². The van der Waals surface area contributed by atoms with E-state index >= 15 is 0 Å². The lowest BCUT2D eigenvalue weighted by molar-refractivity contribution is -0.139. The number of aliphatic carboxylic acids is 1. The molecule has 0 atom stereocenters. The zero-order valence-corrected chi connectivity index (χ0v) is 11.7. The number of rotatable bonds is 5. The first-order valence-electron chi connectivity index (χ1n) is 6.76. The fraction of sp³-hybridized carbons (Fsp3) is 0.0588. The molecule has 0 saturated carbocycles. The summed E-state index contributed by atoms with van der Waals surface area (Å²) in [5.41, 5.74) is 3.07. The van der Waals surface area contributed by atoms with E-state index in [-0.39, 0.29) is 6.61 Å². The molecule has 0 aliphatic carbocycles. The second kappa shape index (κ2) is 6.13. The van der Waals surface area contributed by atoms with E-state index in [2.05, 4.69) is 4.98 Å². The van der Waals surface area contributed by atoms with Crippen LogP contribution in [-0.4, -0.2) is 27.1 Å². The Balaban J connectivity index is 1.75. The molecule has 1 N–H and O–H groups in total. The SMILES string of the molecule is O=C(O)COc1ccc(/C=C/c2cccc3cncn23)cc1. The van der Waals surface area contributed by atoms with E-state index in [0.717, 1.165) is 16.8 Å². The Labute approximate surface area is 127 Å². The summed E-state index contributed by atoms with van der Waals surface area (Å²) < 4.78 is 7.10. The number of carboxylic acids is 1. The number of fused-ring (bicyclic) bond motifs is 1. The fourth-order valence-electron chi connectivity index (χ4n) is 2.11. The minimum Gasteiger partial charge on any atom is -0.482 e. The van der Waals surface area contributed by atoms with Crippen molar-refractivity contribution in [3.05, 3.63) is 66.2 Å². The Morgan fingerprint density at radius 1 is 1.18 bits per heavy atom. The summed E-state index contributed by atoms with van der Waals surface area (Å²) >= 11 is 0. The smallest absolute Gasteiger partial charge is 0.341 e. The summed E-state index contributed by atoms with van der Waals surface area (Å²) in [7, 11) is 0. The minimum absolute atomic E-state index is 0.336. The molecule has 22 heavy (non-hydrogen) atoms. The van der Waals surface area contributed by atoms with E-state index in [0.29, 0.717) is 5.75 Å². The van der Waals surface area contributed by atoms with Crippen LogP contribution in [0.3, 0.4) is 0 Å². The number of carbonyl (C=O) groups is 1. The van der Waals surface area contributed by atoms with Gasteiger partial charge in [0, 0.05) is 5.69 Å². The maximum Gasteiger partial charge on any atom is 0.341 e. The van der Waals surface area contributed by atoms with Crippen molar-refractivity contribution in [3.63, 3.8) is 0 Å². The van der Waals surface area contributed by atoms with Crippen molar-refractivity contribution in [2.45, 2.75) is 0 Å². The summed E-state index contributed by atoms with van der Waals surface area (Å²) in [6.07, 6.45) is 7.57. The van der Waals surface area contributed by atoms with Gasteiger partial charge in [0.25, 0.3) is 0 Å². The third-order valence-corrected chi connectivity index (χ3v) is 3.17. The van der Waals surface area contributed by atoms with Crippen LogP contribution in [0.25, 0.3) is 17.7 Å². The van der Waals surface area contributed by atoms with E-state index in [1.54, 1.807) is 18.5 Å². The number of hydrogen-bond acceptors (Lipinski definition) is 3. The van der Waals surface area contributed by atoms with Gasteiger partial charge in [-0.2, -0.15) is 0 Å². The van der Waals surface area contributed by atoms with Crippen molar-refractivity contribution in [1.29, 1.82) is 0 Å². The van der Waals surface area contributed by atoms with Gasteiger partial charge >= 0.3 is 5.97 Å². The zero-order chi connectivity index (χ0) is 15.4. The molecule has 2 heterocycles. The van der Waals surface area contributed by atoms with Gasteiger partial charge in [0.15, 0.2) is 6.61 Å². The number of benzene rings is 1.